The van der Waals surface area contributed by atoms with Gasteiger partial charge in [0, 0.05) is 30.9 Å². The van der Waals surface area contributed by atoms with Crippen LogP contribution in [0.2, 0.25) is 0 Å². The van der Waals surface area contributed by atoms with Gasteiger partial charge in [0.1, 0.15) is 5.82 Å². The fraction of sp³-hybridized carbons (Fsp3) is 0.667. The predicted molar refractivity (Wildman–Crippen MR) is 78.8 cm³/mol. The molecule has 0 saturated carbocycles. The molecule has 0 aliphatic carbocycles. The van der Waals surface area contributed by atoms with E-state index >= 15 is 0 Å². The summed E-state index contributed by atoms with van der Waals surface area (Å²) < 4.78 is 0. The maximum Gasteiger partial charge on any atom is 0.133 e. The minimum Gasteiger partial charge on any atom is -0.356 e. The first kappa shape index (κ1) is 15.0. The summed E-state index contributed by atoms with van der Waals surface area (Å²) in [6.45, 7) is 10.8. The molecule has 0 amide bonds. The van der Waals surface area contributed by atoms with E-state index < -0.39 is 0 Å². The molecule has 1 aromatic rings. The van der Waals surface area contributed by atoms with Crippen molar-refractivity contribution in [3.63, 3.8) is 0 Å². The molecule has 1 aromatic heterocycles. The number of anilines is 1. The maximum absolute atomic E-state index is 6.04. The van der Waals surface area contributed by atoms with Crippen molar-refractivity contribution in [2.75, 3.05) is 18.0 Å². The molecular weight excluding hydrogens is 222 g/mol. The van der Waals surface area contributed by atoms with E-state index in [9.17, 15) is 0 Å². The lowest BCUT2D eigenvalue weighted by Gasteiger charge is -2.28. The Hall–Kier alpha value is -1.09. The fourth-order valence-electron chi connectivity index (χ4n) is 2.25. The summed E-state index contributed by atoms with van der Waals surface area (Å²) in [5.74, 6) is 1.79. The molecule has 0 radical (unpaired) electrons. The lowest BCUT2D eigenvalue weighted by atomic mass is 10.0. The monoisotopic (exact) mass is 249 g/mol. The Morgan fingerprint density at radius 3 is 2.44 bits per heavy atom. The van der Waals surface area contributed by atoms with E-state index in [0.717, 1.165) is 30.4 Å². The van der Waals surface area contributed by atoms with Gasteiger partial charge in [0.05, 0.1) is 0 Å². The summed E-state index contributed by atoms with van der Waals surface area (Å²) in [6, 6.07) is 4.08. The minimum atomic E-state index is 0.0319. The molecule has 0 unspecified atom stereocenters. The molecule has 0 aliphatic rings. The van der Waals surface area contributed by atoms with Gasteiger partial charge in [-0.25, -0.2) is 4.98 Å². The van der Waals surface area contributed by atoms with Crippen LogP contribution in [-0.4, -0.2) is 18.1 Å². The van der Waals surface area contributed by atoms with Crippen LogP contribution in [0.3, 0.4) is 0 Å². The highest BCUT2D eigenvalue weighted by Crippen LogP contribution is 2.24. The van der Waals surface area contributed by atoms with Gasteiger partial charge in [-0.15, -0.1) is 0 Å². The zero-order valence-corrected chi connectivity index (χ0v) is 12.2. The summed E-state index contributed by atoms with van der Waals surface area (Å²) in [6.07, 6.45) is 4.29. The van der Waals surface area contributed by atoms with E-state index in [2.05, 4.69) is 36.7 Å². The van der Waals surface area contributed by atoms with Crippen molar-refractivity contribution >= 4 is 5.82 Å². The van der Waals surface area contributed by atoms with Gasteiger partial charge in [0.25, 0.3) is 0 Å². The summed E-state index contributed by atoms with van der Waals surface area (Å²) in [5.41, 5.74) is 7.18. The predicted octanol–water partition coefficient (Wildman–Crippen LogP) is 3.36. The molecule has 0 aromatic carbocycles. The third-order valence-corrected chi connectivity index (χ3v) is 3.62. The zero-order valence-electron chi connectivity index (χ0n) is 12.2. The summed E-state index contributed by atoms with van der Waals surface area (Å²) in [4.78, 5) is 6.90. The zero-order chi connectivity index (χ0) is 13.5. The molecule has 0 aliphatic heterocycles. The number of nitrogens with two attached hydrogens (primary N) is 1. The second-order valence-electron chi connectivity index (χ2n) is 4.93. The molecular formula is C15H27N3. The first-order valence-electron chi connectivity index (χ1n) is 7.09. The quantitative estimate of drug-likeness (QED) is 0.805. The van der Waals surface area contributed by atoms with E-state index in [1.807, 2.05) is 19.2 Å². The summed E-state index contributed by atoms with van der Waals surface area (Å²) in [5, 5.41) is 0. The number of hydrogen-bond donors (Lipinski definition) is 1. The number of rotatable bonds is 7. The van der Waals surface area contributed by atoms with Gasteiger partial charge in [-0.05, 0) is 25.8 Å². The van der Waals surface area contributed by atoms with Gasteiger partial charge in [-0.3, -0.25) is 0 Å². The van der Waals surface area contributed by atoms with Crippen molar-refractivity contribution in [2.45, 2.75) is 46.6 Å². The lowest BCUT2D eigenvalue weighted by molar-refractivity contribution is 0.483. The largest absolute Gasteiger partial charge is 0.356 e. The van der Waals surface area contributed by atoms with Crippen molar-refractivity contribution in [2.24, 2.45) is 11.7 Å². The SMILES string of the molecule is CCC(CC)CN(CC)c1ncccc1[C@@H](C)N. The molecule has 3 nitrogen and oxygen atoms in total. The Kier molecular flexibility index (Phi) is 6.13. The number of aromatic nitrogens is 1. The van der Waals surface area contributed by atoms with E-state index in [4.69, 9.17) is 5.73 Å². The molecule has 0 bridgehead atoms. The highest BCUT2D eigenvalue weighted by atomic mass is 15.2. The van der Waals surface area contributed by atoms with Crippen LogP contribution in [0.4, 0.5) is 5.82 Å². The van der Waals surface area contributed by atoms with Crippen LogP contribution in [0.5, 0.6) is 0 Å². The fourth-order valence-corrected chi connectivity index (χ4v) is 2.25. The lowest BCUT2D eigenvalue weighted by Crippen LogP contribution is -2.31. The Morgan fingerprint density at radius 2 is 1.94 bits per heavy atom. The van der Waals surface area contributed by atoms with Gasteiger partial charge < -0.3 is 10.6 Å². The van der Waals surface area contributed by atoms with Gasteiger partial charge in [-0.2, -0.15) is 0 Å². The van der Waals surface area contributed by atoms with E-state index in [1.165, 1.54) is 12.8 Å². The van der Waals surface area contributed by atoms with Crippen LogP contribution in [0.1, 0.15) is 52.1 Å². The second kappa shape index (κ2) is 7.37. The van der Waals surface area contributed by atoms with Crippen molar-refractivity contribution < 1.29 is 0 Å². The minimum absolute atomic E-state index is 0.0319. The van der Waals surface area contributed by atoms with Gasteiger partial charge in [-0.1, -0.05) is 32.8 Å². The first-order valence-corrected chi connectivity index (χ1v) is 7.09. The molecule has 0 spiro atoms. The number of nitrogens with zero attached hydrogens (tertiary/aromatic N) is 2. The average molecular weight is 249 g/mol. The molecule has 3 heteroatoms. The third kappa shape index (κ3) is 3.70. The normalized spacial score (nSPS) is 12.8. The standard InChI is InChI=1S/C15H27N3/c1-5-13(6-2)11-18(7-3)15-14(12(4)16)9-8-10-17-15/h8-10,12-13H,5-7,11,16H2,1-4H3/t12-/m1/s1. The number of hydrogen-bond acceptors (Lipinski definition) is 3. The van der Waals surface area contributed by atoms with E-state index in [-0.39, 0.29) is 6.04 Å². The van der Waals surface area contributed by atoms with Gasteiger partial charge >= 0.3 is 0 Å². The molecule has 1 heterocycles. The summed E-state index contributed by atoms with van der Waals surface area (Å²) in [7, 11) is 0. The van der Waals surface area contributed by atoms with Crippen molar-refractivity contribution in [3.05, 3.63) is 23.9 Å². The van der Waals surface area contributed by atoms with E-state index in [0.29, 0.717) is 0 Å². The Bertz CT molecular complexity index is 345. The van der Waals surface area contributed by atoms with Crippen LogP contribution in [-0.2, 0) is 0 Å². The average Bonchev–Trinajstić information content (AvgIpc) is 2.40. The van der Waals surface area contributed by atoms with E-state index in [1.54, 1.807) is 0 Å². The molecule has 0 fully saturated rings. The Morgan fingerprint density at radius 1 is 1.28 bits per heavy atom. The highest BCUT2D eigenvalue weighted by Gasteiger charge is 2.16. The Balaban J connectivity index is 2.94. The number of pyridine rings is 1. The summed E-state index contributed by atoms with van der Waals surface area (Å²) >= 11 is 0. The second-order valence-corrected chi connectivity index (χ2v) is 4.93. The van der Waals surface area contributed by atoms with Gasteiger partial charge in [0.15, 0.2) is 0 Å². The molecule has 102 valence electrons. The molecule has 0 saturated heterocycles. The molecule has 1 rings (SSSR count). The molecule has 2 N–H and O–H groups in total. The van der Waals surface area contributed by atoms with Crippen LogP contribution >= 0.6 is 0 Å². The highest BCUT2D eigenvalue weighted by molar-refractivity contribution is 5.48. The van der Waals surface area contributed by atoms with Crippen LogP contribution in [0.25, 0.3) is 0 Å². The van der Waals surface area contributed by atoms with Crippen LogP contribution in [0, 0.1) is 5.92 Å². The van der Waals surface area contributed by atoms with Crippen molar-refractivity contribution in [1.29, 1.82) is 0 Å². The molecule has 18 heavy (non-hydrogen) atoms. The van der Waals surface area contributed by atoms with Crippen molar-refractivity contribution in [3.8, 4) is 0 Å². The van der Waals surface area contributed by atoms with Gasteiger partial charge in [0.2, 0.25) is 0 Å². The van der Waals surface area contributed by atoms with Crippen LogP contribution in [0.15, 0.2) is 18.3 Å². The smallest absolute Gasteiger partial charge is 0.133 e. The van der Waals surface area contributed by atoms with Crippen LogP contribution < -0.4 is 10.6 Å². The Labute approximate surface area is 111 Å². The molecule has 1 atom stereocenters. The van der Waals surface area contributed by atoms with Crippen molar-refractivity contribution in [1.82, 2.24) is 4.98 Å². The topological polar surface area (TPSA) is 42.2 Å². The first-order chi connectivity index (χ1) is 8.63. The third-order valence-electron chi connectivity index (χ3n) is 3.62. The maximum atomic E-state index is 6.04.